The monoisotopic (exact) mass is 287 g/mol. The van der Waals surface area contributed by atoms with Crippen molar-refractivity contribution in [3.8, 4) is 0 Å². The van der Waals surface area contributed by atoms with Crippen LogP contribution in [0.25, 0.3) is 0 Å². The Morgan fingerprint density at radius 1 is 1.29 bits per heavy atom. The molecule has 0 bridgehead atoms. The van der Waals surface area contributed by atoms with Crippen LogP contribution < -0.4 is 0 Å². The van der Waals surface area contributed by atoms with Crippen molar-refractivity contribution in [3.63, 3.8) is 0 Å². The lowest BCUT2D eigenvalue weighted by Crippen LogP contribution is -2.42. The van der Waals surface area contributed by atoms with E-state index in [4.69, 9.17) is 4.52 Å². The molecule has 0 atom stereocenters. The molecular formula is C16H21N3O2. The fourth-order valence-corrected chi connectivity index (χ4v) is 2.79. The van der Waals surface area contributed by atoms with Crippen LogP contribution in [-0.2, 0) is 12.1 Å². The van der Waals surface area contributed by atoms with Crippen molar-refractivity contribution in [2.45, 2.75) is 38.8 Å². The quantitative estimate of drug-likeness (QED) is 0.937. The summed E-state index contributed by atoms with van der Waals surface area (Å²) in [5.41, 5.74) is 1.99. The van der Waals surface area contributed by atoms with E-state index in [1.165, 1.54) is 0 Å². The maximum atomic E-state index is 10.8. The summed E-state index contributed by atoms with van der Waals surface area (Å²) in [6.07, 6.45) is 3.20. The molecule has 5 nitrogen and oxygen atoms in total. The molecule has 0 saturated carbocycles. The highest BCUT2D eigenvalue weighted by atomic mass is 16.5. The number of hydrogen-bond acceptors (Lipinski definition) is 5. The van der Waals surface area contributed by atoms with E-state index in [0.717, 1.165) is 42.3 Å². The van der Waals surface area contributed by atoms with Crippen molar-refractivity contribution in [2.75, 3.05) is 13.1 Å². The Kier molecular flexibility index (Phi) is 3.78. The van der Waals surface area contributed by atoms with Gasteiger partial charge in [0.1, 0.15) is 5.60 Å². The molecule has 21 heavy (non-hydrogen) atoms. The van der Waals surface area contributed by atoms with Crippen LogP contribution in [0.2, 0.25) is 0 Å². The van der Waals surface area contributed by atoms with E-state index in [1.807, 2.05) is 38.2 Å². The van der Waals surface area contributed by atoms with E-state index in [2.05, 4.69) is 15.0 Å². The van der Waals surface area contributed by atoms with Crippen LogP contribution in [0.5, 0.6) is 0 Å². The van der Waals surface area contributed by atoms with Gasteiger partial charge in [0.2, 0.25) is 0 Å². The van der Waals surface area contributed by atoms with E-state index in [-0.39, 0.29) is 0 Å². The van der Waals surface area contributed by atoms with Crippen LogP contribution in [0, 0.1) is 13.8 Å². The molecule has 3 heterocycles. The Balaban J connectivity index is 1.62. The van der Waals surface area contributed by atoms with E-state index in [9.17, 15) is 5.11 Å². The fraction of sp³-hybridized carbons (Fsp3) is 0.500. The number of pyridine rings is 1. The molecular weight excluding hydrogens is 266 g/mol. The van der Waals surface area contributed by atoms with Crippen molar-refractivity contribution >= 4 is 0 Å². The van der Waals surface area contributed by atoms with Gasteiger partial charge in [-0.25, -0.2) is 0 Å². The zero-order chi connectivity index (χ0) is 14.9. The molecule has 1 fully saturated rings. The molecule has 0 amide bonds. The largest absolute Gasteiger partial charge is 0.383 e. The summed E-state index contributed by atoms with van der Waals surface area (Å²) in [5, 5.41) is 14.7. The van der Waals surface area contributed by atoms with Gasteiger partial charge in [0.05, 0.1) is 17.9 Å². The first-order chi connectivity index (χ1) is 10.0. The Bertz CT molecular complexity index is 598. The molecule has 2 aromatic heterocycles. The van der Waals surface area contributed by atoms with Gasteiger partial charge < -0.3 is 9.63 Å². The number of aliphatic hydroxyl groups is 1. The van der Waals surface area contributed by atoms with Gasteiger partial charge in [-0.15, -0.1) is 0 Å². The summed E-state index contributed by atoms with van der Waals surface area (Å²) in [4.78, 5) is 6.67. The number of nitrogens with zero attached hydrogens (tertiary/aromatic N) is 3. The second kappa shape index (κ2) is 5.58. The van der Waals surface area contributed by atoms with E-state index in [0.29, 0.717) is 12.8 Å². The third-order valence-corrected chi connectivity index (χ3v) is 4.13. The number of likely N-dealkylation sites (tertiary alicyclic amines) is 1. The topological polar surface area (TPSA) is 62.4 Å². The number of piperidine rings is 1. The molecule has 3 rings (SSSR count). The average molecular weight is 287 g/mol. The summed E-state index contributed by atoms with van der Waals surface area (Å²) in [6.45, 7) is 6.32. The average Bonchev–Trinajstić information content (AvgIpc) is 2.88. The van der Waals surface area contributed by atoms with Gasteiger partial charge in [-0.05, 0) is 38.3 Å². The molecule has 0 spiro atoms. The van der Waals surface area contributed by atoms with Crippen LogP contribution >= 0.6 is 0 Å². The summed E-state index contributed by atoms with van der Waals surface area (Å²) >= 11 is 0. The molecule has 112 valence electrons. The molecule has 5 heteroatoms. The summed E-state index contributed by atoms with van der Waals surface area (Å²) < 4.78 is 5.25. The SMILES string of the molecule is Cc1ccc(C2(O)CCN(Cc3cc(C)no3)CC2)nc1. The van der Waals surface area contributed by atoms with Crippen LogP contribution in [0.15, 0.2) is 28.9 Å². The standard InChI is InChI=1S/C16H21N3O2/c1-12-3-4-15(17-10-12)16(20)5-7-19(8-6-16)11-14-9-13(2)18-21-14/h3-4,9-10,20H,5-8,11H2,1-2H3. The van der Waals surface area contributed by atoms with Crippen molar-refractivity contribution in [2.24, 2.45) is 0 Å². The van der Waals surface area contributed by atoms with Gasteiger partial charge in [0, 0.05) is 25.4 Å². The highest BCUT2D eigenvalue weighted by molar-refractivity contribution is 5.18. The molecule has 0 aliphatic carbocycles. The second-order valence-corrected chi connectivity index (χ2v) is 5.96. The normalized spacial score (nSPS) is 18.8. The third kappa shape index (κ3) is 3.14. The Labute approximate surface area is 124 Å². The summed E-state index contributed by atoms with van der Waals surface area (Å²) in [6, 6.07) is 5.90. The van der Waals surface area contributed by atoms with Crippen molar-refractivity contribution in [1.29, 1.82) is 0 Å². The summed E-state index contributed by atoms with van der Waals surface area (Å²) in [5.74, 6) is 0.881. The third-order valence-electron chi connectivity index (χ3n) is 4.13. The minimum Gasteiger partial charge on any atom is -0.383 e. The van der Waals surface area contributed by atoms with Gasteiger partial charge in [-0.1, -0.05) is 11.2 Å². The Morgan fingerprint density at radius 3 is 2.62 bits per heavy atom. The zero-order valence-corrected chi connectivity index (χ0v) is 12.5. The lowest BCUT2D eigenvalue weighted by molar-refractivity contribution is -0.0325. The highest BCUT2D eigenvalue weighted by Crippen LogP contribution is 2.32. The van der Waals surface area contributed by atoms with E-state index < -0.39 is 5.60 Å². The van der Waals surface area contributed by atoms with Gasteiger partial charge in [0.15, 0.2) is 5.76 Å². The maximum absolute atomic E-state index is 10.8. The Morgan fingerprint density at radius 2 is 2.05 bits per heavy atom. The van der Waals surface area contributed by atoms with Crippen molar-refractivity contribution < 1.29 is 9.63 Å². The minimum absolute atomic E-state index is 0.691. The number of aryl methyl sites for hydroxylation is 2. The second-order valence-electron chi connectivity index (χ2n) is 5.96. The van der Waals surface area contributed by atoms with Crippen LogP contribution in [0.1, 0.15) is 35.6 Å². The van der Waals surface area contributed by atoms with Crippen LogP contribution in [0.4, 0.5) is 0 Å². The lowest BCUT2D eigenvalue weighted by atomic mass is 9.87. The van der Waals surface area contributed by atoms with Gasteiger partial charge in [-0.2, -0.15) is 0 Å². The fourth-order valence-electron chi connectivity index (χ4n) is 2.79. The minimum atomic E-state index is -0.804. The van der Waals surface area contributed by atoms with Crippen LogP contribution in [-0.4, -0.2) is 33.2 Å². The van der Waals surface area contributed by atoms with Crippen molar-refractivity contribution in [1.82, 2.24) is 15.0 Å². The predicted molar refractivity (Wildman–Crippen MR) is 78.6 cm³/mol. The summed E-state index contributed by atoms with van der Waals surface area (Å²) in [7, 11) is 0. The van der Waals surface area contributed by atoms with Crippen molar-refractivity contribution in [3.05, 3.63) is 47.1 Å². The first-order valence-corrected chi connectivity index (χ1v) is 7.35. The van der Waals surface area contributed by atoms with Gasteiger partial charge >= 0.3 is 0 Å². The molecule has 1 aliphatic rings. The number of hydrogen-bond donors (Lipinski definition) is 1. The van der Waals surface area contributed by atoms with E-state index in [1.54, 1.807) is 0 Å². The molecule has 0 aromatic carbocycles. The highest BCUT2D eigenvalue weighted by Gasteiger charge is 2.35. The molecule has 1 aliphatic heterocycles. The van der Waals surface area contributed by atoms with E-state index >= 15 is 0 Å². The first-order valence-electron chi connectivity index (χ1n) is 7.35. The zero-order valence-electron chi connectivity index (χ0n) is 12.5. The Hall–Kier alpha value is -1.72. The van der Waals surface area contributed by atoms with Gasteiger partial charge in [-0.3, -0.25) is 9.88 Å². The molecule has 1 saturated heterocycles. The molecule has 2 aromatic rings. The number of aromatic nitrogens is 2. The molecule has 1 N–H and O–H groups in total. The van der Waals surface area contributed by atoms with Gasteiger partial charge in [0.25, 0.3) is 0 Å². The number of rotatable bonds is 3. The molecule has 0 radical (unpaired) electrons. The maximum Gasteiger partial charge on any atom is 0.150 e. The first kappa shape index (κ1) is 14.2. The predicted octanol–water partition coefficient (Wildman–Crippen LogP) is 2.17. The van der Waals surface area contributed by atoms with Crippen LogP contribution in [0.3, 0.4) is 0 Å². The molecule has 0 unspecified atom stereocenters. The lowest BCUT2D eigenvalue weighted by Gasteiger charge is -2.37. The smallest absolute Gasteiger partial charge is 0.150 e.